The number of hydrogen-bond donors (Lipinski definition) is 2. The molecule has 0 radical (unpaired) electrons. The summed E-state index contributed by atoms with van der Waals surface area (Å²) in [6, 6.07) is 16.8. The summed E-state index contributed by atoms with van der Waals surface area (Å²) in [7, 11) is 0. The zero-order valence-electron chi connectivity index (χ0n) is 11.6. The molecular weight excluding hydrogens is 300 g/mol. The quantitative estimate of drug-likeness (QED) is 0.776. The molecule has 0 aliphatic rings. The Bertz CT molecular complexity index is 833. The SMILES string of the molecule is O=c1[nH]c(Nc2ccccc2)nnc1Cc1ccccc1Cl. The zero-order chi connectivity index (χ0) is 15.4. The van der Waals surface area contributed by atoms with Crippen molar-refractivity contribution in [2.75, 3.05) is 5.32 Å². The van der Waals surface area contributed by atoms with Gasteiger partial charge in [0.1, 0.15) is 5.69 Å². The number of benzene rings is 2. The third-order valence-electron chi connectivity index (χ3n) is 3.12. The second-order valence-corrected chi connectivity index (χ2v) is 5.12. The molecule has 0 saturated carbocycles. The molecule has 0 aliphatic carbocycles. The van der Waals surface area contributed by atoms with E-state index in [9.17, 15) is 4.79 Å². The average molecular weight is 313 g/mol. The number of halogens is 1. The molecule has 5 nitrogen and oxygen atoms in total. The number of aromatic nitrogens is 3. The highest BCUT2D eigenvalue weighted by atomic mass is 35.5. The van der Waals surface area contributed by atoms with E-state index >= 15 is 0 Å². The first kappa shape index (κ1) is 14.3. The first-order valence-corrected chi connectivity index (χ1v) is 7.11. The van der Waals surface area contributed by atoms with Gasteiger partial charge < -0.3 is 5.32 Å². The van der Waals surface area contributed by atoms with Gasteiger partial charge in [0, 0.05) is 17.1 Å². The highest BCUT2D eigenvalue weighted by Gasteiger charge is 2.08. The van der Waals surface area contributed by atoms with Crippen molar-refractivity contribution in [3.05, 3.63) is 81.2 Å². The van der Waals surface area contributed by atoms with Gasteiger partial charge >= 0.3 is 0 Å². The van der Waals surface area contributed by atoms with Crippen LogP contribution in [0.15, 0.2) is 59.4 Å². The monoisotopic (exact) mass is 312 g/mol. The molecule has 22 heavy (non-hydrogen) atoms. The predicted octanol–water partition coefficient (Wildman–Crippen LogP) is 3.15. The van der Waals surface area contributed by atoms with Crippen LogP contribution >= 0.6 is 11.6 Å². The number of nitrogens with one attached hydrogen (secondary N) is 2. The molecule has 0 atom stereocenters. The van der Waals surface area contributed by atoms with Crippen LogP contribution in [0.4, 0.5) is 11.6 Å². The lowest BCUT2D eigenvalue weighted by atomic mass is 10.1. The van der Waals surface area contributed by atoms with E-state index in [1.165, 1.54) is 0 Å². The first-order valence-electron chi connectivity index (χ1n) is 6.74. The third-order valence-corrected chi connectivity index (χ3v) is 3.49. The van der Waals surface area contributed by atoms with Gasteiger partial charge in [0.15, 0.2) is 0 Å². The lowest BCUT2D eigenvalue weighted by Crippen LogP contribution is -2.19. The van der Waals surface area contributed by atoms with Crippen LogP contribution in [-0.4, -0.2) is 15.2 Å². The molecule has 110 valence electrons. The molecule has 0 unspecified atom stereocenters. The minimum atomic E-state index is -0.284. The van der Waals surface area contributed by atoms with Gasteiger partial charge in [0.25, 0.3) is 5.56 Å². The van der Waals surface area contributed by atoms with E-state index in [0.717, 1.165) is 11.3 Å². The molecule has 1 aromatic heterocycles. The van der Waals surface area contributed by atoms with Crippen molar-refractivity contribution < 1.29 is 0 Å². The molecule has 6 heteroatoms. The fraction of sp³-hybridized carbons (Fsp3) is 0.0625. The van der Waals surface area contributed by atoms with Gasteiger partial charge in [-0.1, -0.05) is 48.0 Å². The Kier molecular flexibility index (Phi) is 4.16. The minimum Gasteiger partial charge on any atom is -0.324 e. The largest absolute Gasteiger partial charge is 0.324 e. The molecule has 3 aromatic rings. The van der Waals surface area contributed by atoms with E-state index in [-0.39, 0.29) is 5.56 Å². The molecule has 0 amide bonds. The Morgan fingerprint density at radius 2 is 1.73 bits per heavy atom. The Labute approximate surface area is 132 Å². The van der Waals surface area contributed by atoms with Crippen LogP contribution in [0.2, 0.25) is 5.02 Å². The van der Waals surface area contributed by atoms with Crippen molar-refractivity contribution in [1.29, 1.82) is 0 Å². The Morgan fingerprint density at radius 1 is 1.00 bits per heavy atom. The van der Waals surface area contributed by atoms with Gasteiger partial charge in [-0.25, -0.2) is 0 Å². The van der Waals surface area contributed by atoms with Gasteiger partial charge in [-0.3, -0.25) is 9.78 Å². The maximum absolute atomic E-state index is 12.1. The van der Waals surface area contributed by atoms with Gasteiger partial charge in [-0.05, 0) is 23.8 Å². The molecule has 0 aliphatic heterocycles. The van der Waals surface area contributed by atoms with Crippen molar-refractivity contribution >= 4 is 23.2 Å². The number of aromatic amines is 1. The van der Waals surface area contributed by atoms with Crippen LogP contribution < -0.4 is 10.9 Å². The van der Waals surface area contributed by atoms with Gasteiger partial charge in [-0.2, -0.15) is 0 Å². The fourth-order valence-electron chi connectivity index (χ4n) is 2.01. The third kappa shape index (κ3) is 3.32. The normalized spacial score (nSPS) is 10.4. The van der Waals surface area contributed by atoms with E-state index in [0.29, 0.717) is 23.1 Å². The first-order chi connectivity index (χ1) is 10.7. The molecule has 3 rings (SSSR count). The second kappa shape index (κ2) is 6.41. The molecule has 2 aromatic carbocycles. The highest BCUT2D eigenvalue weighted by molar-refractivity contribution is 6.31. The standard InChI is InChI=1S/C16H13ClN4O/c17-13-9-5-4-6-11(13)10-14-15(22)19-16(21-20-14)18-12-7-2-1-3-8-12/h1-9H,10H2,(H2,18,19,21,22). The number of hydrogen-bond acceptors (Lipinski definition) is 4. The van der Waals surface area contributed by atoms with Crippen LogP contribution in [-0.2, 0) is 6.42 Å². The molecule has 0 bridgehead atoms. The van der Waals surface area contributed by atoms with Crippen LogP contribution in [0.3, 0.4) is 0 Å². The van der Waals surface area contributed by atoms with Gasteiger partial charge in [0.2, 0.25) is 5.95 Å². The molecule has 1 heterocycles. The van der Waals surface area contributed by atoms with E-state index in [1.807, 2.05) is 48.5 Å². The fourth-order valence-corrected chi connectivity index (χ4v) is 2.22. The summed E-state index contributed by atoms with van der Waals surface area (Å²) >= 11 is 6.09. The van der Waals surface area contributed by atoms with Crippen molar-refractivity contribution in [1.82, 2.24) is 15.2 Å². The minimum absolute atomic E-state index is 0.284. The second-order valence-electron chi connectivity index (χ2n) is 4.71. The van der Waals surface area contributed by atoms with Crippen LogP contribution in [0.1, 0.15) is 11.3 Å². The van der Waals surface area contributed by atoms with E-state index in [2.05, 4.69) is 20.5 Å². The summed E-state index contributed by atoms with van der Waals surface area (Å²) in [5.74, 6) is 0.305. The number of anilines is 2. The number of para-hydroxylation sites is 1. The lowest BCUT2D eigenvalue weighted by molar-refractivity contribution is 0.874. The number of rotatable bonds is 4. The molecule has 2 N–H and O–H groups in total. The number of nitrogens with zero attached hydrogens (tertiary/aromatic N) is 2. The highest BCUT2D eigenvalue weighted by Crippen LogP contribution is 2.17. The van der Waals surface area contributed by atoms with E-state index in [4.69, 9.17) is 11.6 Å². The van der Waals surface area contributed by atoms with E-state index in [1.54, 1.807) is 6.07 Å². The summed E-state index contributed by atoms with van der Waals surface area (Å²) in [5.41, 5.74) is 1.71. The molecule has 0 fully saturated rings. The summed E-state index contributed by atoms with van der Waals surface area (Å²) in [6.07, 6.45) is 0.341. The Hall–Kier alpha value is -2.66. The van der Waals surface area contributed by atoms with Gasteiger partial charge in [0.05, 0.1) is 0 Å². The van der Waals surface area contributed by atoms with Crippen molar-refractivity contribution in [3.8, 4) is 0 Å². The maximum Gasteiger partial charge on any atom is 0.274 e. The topological polar surface area (TPSA) is 70.7 Å². The van der Waals surface area contributed by atoms with Crippen LogP contribution in [0, 0.1) is 0 Å². The van der Waals surface area contributed by atoms with Crippen molar-refractivity contribution in [2.45, 2.75) is 6.42 Å². The van der Waals surface area contributed by atoms with Crippen molar-refractivity contribution in [2.24, 2.45) is 0 Å². The molecule has 0 saturated heterocycles. The molecule has 0 spiro atoms. The predicted molar refractivity (Wildman–Crippen MR) is 86.6 cm³/mol. The summed E-state index contributed by atoms with van der Waals surface area (Å²) in [4.78, 5) is 14.8. The number of H-pyrrole nitrogens is 1. The zero-order valence-corrected chi connectivity index (χ0v) is 12.3. The smallest absolute Gasteiger partial charge is 0.274 e. The average Bonchev–Trinajstić information content (AvgIpc) is 2.53. The Morgan fingerprint density at radius 3 is 2.45 bits per heavy atom. The maximum atomic E-state index is 12.1. The van der Waals surface area contributed by atoms with Crippen molar-refractivity contribution in [3.63, 3.8) is 0 Å². The van der Waals surface area contributed by atoms with Crippen LogP contribution in [0.25, 0.3) is 0 Å². The molecular formula is C16H13ClN4O. The lowest BCUT2D eigenvalue weighted by Gasteiger charge is -2.06. The summed E-state index contributed by atoms with van der Waals surface area (Å²) in [5, 5.41) is 11.6. The van der Waals surface area contributed by atoms with Gasteiger partial charge in [-0.15, -0.1) is 10.2 Å². The summed E-state index contributed by atoms with van der Waals surface area (Å²) in [6.45, 7) is 0. The van der Waals surface area contributed by atoms with E-state index < -0.39 is 0 Å². The Balaban J connectivity index is 1.81. The van der Waals surface area contributed by atoms with Crippen LogP contribution in [0.5, 0.6) is 0 Å². The summed E-state index contributed by atoms with van der Waals surface area (Å²) < 4.78 is 0.